The van der Waals surface area contributed by atoms with Gasteiger partial charge in [0.05, 0.1) is 16.9 Å². The van der Waals surface area contributed by atoms with Crippen LogP contribution >= 0.6 is 0 Å². The molecule has 6 nitrogen and oxygen atoms in total. The van der Waals surface area contributed by atoms with Gasteiger partial charge in [0, 0.05) is 11.5 Å². The van der Waals surface area contributed by atoms with Crippen molar-refractivity contribution < 1.29 is 12.9 Å². The first-order chi connectivity index (χ1) is 8.53. The van der Waals surface area contributed by atoms with E-state index >= 15 is 0 Å². The first-order valence-electron chi connectivity index (χ1n) is 6.36. The molecule has 1 unspecified atom stereocenters. The molecule has 1 aliphatic heterocycles. The molecule has 0 amide bonds. The van der Waals surface area contributed by atoms with Gasteiger partial charge in [0.1, 0.15) is 0 Å². The van der Waals surface area contributed by atoms with Gasteiger partial charge in [0.15, 0.2) is 15.7 Å². The number of aromatic nitrogens is 2. The number of nitrogens with two attached hydrogens (primary N) is 1. The molecule has 0 aromatic carbocycles. The summed E-state index contributed by atoms with van der Waals surface area (Å²) in [4.78, 5) is 4.37. The molecular formula is C12H21N3O3S. The standard InChI is InChI=1S/C12H21N3O3S/c1-11(2,12(3,4)13)10-14-9(15-18-10)8-5-6-19(16,17)7-8/h8H,5-7,13H2,1-4H3. The minimum Gasteiger partial charge on any atom is -0.339 e. The highest BCUT2D eigenvalue weighted by molar-refractivity contribution is 7.91. The SMILES string of the molecule is CC(C)(N)C(C)(C)c1nc(C2CCS(=O)(=O)C2)no1. The molecule has 2 rings (SSSR count). The molecule has 1 atom stereocenters. The van der Waals surface area contributed by atoms with E-state index in [-0.39, 0.29) is 17.4 Å². The van der Waals surface area contributed by atoms with Crippen LogP contribution in [0.25, 0.3) is 0 Å². The Kier molecular flexibility index (Phi) is 3.25. The fourth-order valence-corrected chi connectivity index (χ4v) is 3.67. The van der Waals surface area contributed by atoms with Crippen LogP contribution < -0.4 is 5.73 Å². The zero-order valence-electron chi connectivity index (χ0n) is 11.8. The van der Waals surface area contributed by atoms with E-state index in [4.69, 9.17) is 10.3 Å². The monoisotopic (exact) mass is 287 g/mol. The molecule has 0 radical (unpaired) electrons. The summed E-state index contributed by atoms with van der Waals surface area (Å²) in [6, 6.07) is 0. The third kappa shape index (κ3) is 2.67. The first kappa shape index (κ1) is 14.5. The Labute approximate surface area is 113 Å². The summed E-state index contributed by atoms with van der Waals surface area (Å²) < 4.78 is 28.2. The summed E-state index contributed by atoms with van der Waals surface area (Å²) in [6.45, 7) is 7.68. The maximum absolute atomic E-state index is 11.5. The van der Waals surface area contributed by atoms with Crippen LogP contribution in [0.2, 0.25) is 0 Å². The van der Waals surface area contributed by atoms with Crippen LogP contribution in [-0.2, 0) is 15.3 Å². The van der Waals surface area contributed by atoms with Crippen molar-refractivity contribution in [3.05, 3.63) is 11.7 Å². The van der Waals surface area contributed by atoms with E-state index in [1.807, 2.05) is 27.7 Å². The Hall–Kier alpha value is -0.950. The van der Waals surface area contributed by atoms with E-state index in [1.54, 1.807) is 0 Å². The molecule has 1 aliphatic rings. The number of rotatable bonds is 3. The normalized spacial score (nSPS) is 23.7. The Bertz CT molecular complexity index is 569. The largest absolute Gasteiger partial charge is 0.339 e. The van der Waals surface area contributed by atoms with Gasteiger partial charge in [-0.1, -0.05) is 5.16 Å². The summed E-state index contributed by atoms with van der Waals surface area (Å²) in [6.07, 6.45) is 0.563. The molecule has 19 heavy (non-hydrogen) atoms. The van der Waals surface area contributed by atoms with E-state index in [2.05, 4.69) is 10.1 Å². The van der Waals surface area contributed by atoms with Crippen molar-refractivity contribution in [3.63, 3.8) is 0 Å². The third-order valence-electron chi connectivity index (χ3n) is 4.18. The lowest BCUT2D eigenvalue weighted by atomic mass is 9.75. The zero-order chi connectivity index (χ0) is 14.5. The van der Waals surface area contributed by atoms with Gasteiger partial charge in [-0.25, -0.2) is 8.42 Å². The molecule has 1 aromatic rings. The van der Waals surface area contributed by atoms with Crippen molar-refractivity contribution in [2.45, 2.75) is 51.0 Å². The molecule has 0 spiro atoms. The van der Waals surface area contributed by atoms with E-state index in [0.29, 0.717) is 18.1 Å². The minimum absolute atomic E-state index is 0.110. The van der Waals surface area contributed by atoms with Crippen molar-refractivity contribution in [1.29, 1.82) is 0 Å². The molecule has 2 N–H and O–H groups in total. The van der Waals surface area contributed by atoms with Crippen LogP contribution in [-0.4, -0.2) is 35.6 Å². The summed E-state index contributed by atoms with van der Waals surface area (Å²) in [7, 11) is -2.94. The Morgan fingerprint density at radius 2 is 1.95 bits per heavy atom. The minimum atomic E-state index is -2.94. The molecular weight excluding hydrogens is 266 g/mol. The molecule has 108 valence electrons. The predicted octanol–water partition coefficient (Wildman–Crippen LogP) is 0.987. The van der Waals surface area contributed by atoms with Crippen LogP contribution in [0.15, 0.2) is 4.52 Å². The quantitative estimate of drug-likeness (QED) is 0.890. The summed E-state index contributed by atoms with van der Waals surface area (Å²) >= 11 is 0. The fourth-order valence-electron chi connectivity index (χ4n) is 1.93. The second-order valence-corrected chi connectivity index (χ2v) is 8.63. The van der Waals surface area contributed by atoms with Gasteiger partial charge in [0.2, 0.25) is 5.89 Å². The number of nitrogens with zero attached hydrogens (tertiary/aromatic N) is 2. The molecule has 0 aliphatic carbocycles. The summed E-state index contributed by atoms with van der Waals surface area (Å²) in [5, 5.41) is 3.94. The van der Waals surface area contributed by atoms with Gasteiger partial charge in [0.25, 0.3) is 0 Å². The highest BCUT2D eigenvalue weighted by Crippen LogP contribution is 2.34. The van der Waals surface area contributed by atoms with E-state index in [9.17, 15) is 8.42 Å². The average molecular weight is 287 g/mol. The Morgan fingerprint density at radius 1 is 1.32 bits per heavy atom. The lowest BCUT2D eigenvalue weighted by molar-refractivity contribution is 0.222. The molecule has 1 aromatic heterocycles. The smallest absolute Gasteiger partial charge is 0.234 e. The molecule has 2 heterocycles. The van der Waals surface area contributed by atoms with E-state index < -0.39 is 20.8 Å². The highest BCUT2D eigenvalue weighted by atomic mass is 32.2. The second-order valence-electron chi connectivity index (χ2n) is 6.40. The van der Waals surface area contributed by atoms with Gasteiger partial charge >= 0.3 is 0 Å². The van der Waals surface area contributed by atoms with Crippen LogP contribution in [0.3, 0.4) is 0 Å². The Morgan fingerprint density at radius 3 is 2.42 bits per heavy atom. The van der Waals surface area contributed by atoms with Crippen molar-refractivity contribution >= 4 is 9.84 Å². The van der Waals surface area contributed by atoms with E-state index in [1.165, 1.54) is 0 Å². The number of hydrogen-bond donors (Lipinski definition) is 1. The van der Waals surface area contributed by atoms with Crippen LogP contribution in [0.1, 0.15) is 51.7 Å². The number of sulfone groups is 1. The molecule has 0 bridgehead atoms. The lowest BCUT2D eigenvalue weighted by Gasteiger charge is -2.34. The number of hydrogen-bond acceptors (Lipinski definition) is 6. The van der Waals surface area contributed by atoms with Gasteiger partial charge in [-0.15, -0.1) is 0 Å². The third-order valence-corrected chi connectivity index (χ3v) is 5.95. The van der Waals surface area contributed by atoms with Gasteiger partial charge in [-0.05, 0) is 34.1 Å². The van der Waals surface area contributed by atoms with Crippen LogP contribution in [0, 0.1) is 0 Å². The average Bonchev–Trinajstić information content (AvgIpc) is 2.82. The van der Waals surface area contributed by atoms with Gasteiger partial charge in [-0.2, -0.15) is 4.98 Å². The van der Waals surface area contributed by atoms with Crippen molar-refractivity contribution in [2.75, 3.05) is 11.5 Å². The van der Waals surface area contributed by atoms with E-state index in [0.717, 1.165) is 0 Å². The van der Waals surface area contributed by atoms with Crippen LogP contribution in [0.5, 0.6) is 0 Å². The second kappa shape index (κ2) is 4.28. The Balaban J connectivity index is 2.26. The zero-order valence-corrected chi connectivity index (χ0v) is 12.6. The molecule has 1 saturated heterocycles. The molecule has 7 heteroatoms. The highest BCUT2D eigenvalue weighted by Gasteiger charge is 2.41. The fraction of sp³-hybridized carbons (Fsp3) is 0.833. The molecule has 1 fully saturated rings. The van der Waals surface area contributed by atoms with Crippen molar-refractivity contribution in [2.24, 2.45) is 5.73 Å². The predicted molar refractivity (Wildman–Crippen MR) is 71.6 cm³/mol. The first-order valence-corrected chi connectivity index (χ1v) is 8.18. The van der Waals surface area contributed by atoms with Crippen molar-refractivity contribution in [1.82, 2.24) is 10.1 Å². The summed E-state index contributed by atoms with van der Waals surface area (Å²) in [5.74, 6) is 1.10. The van der Waals surface area contributed by atoms with Crippen molar-refractivity contribution in [3.8, 4) is 0 Å². The van der Waals surface area contributed by atoms with Gasteiger partial charge in [-0.3, -0.25) is 0 Å². The lowest BCUT2D eigenvalue weighted by Crippen LogP contribution is -2.50. The maximum atomic E-state index is 11.5. The summed E-state index contributed by atoms with van der Waals surface area (Å²) in [5.41, 5.74) is 5.14. The maximum Gasteiger partial charge on any atom is 0.234 e. The topological polar surface area (TPSA) is 99.1 Å². The van der Waals surface area contributed by atoms with Gasteiger partial charge < -0.3 is 10.3 Å². The molecule has 0 saturated carbocycles. The van der Waals surface area contributed by atoms with Crippen LogP contribution in [0.4, 0.5) is 0 Å².